The van der Waals surface area contributed by atoms with Gasteiger partial charge in [0.25, 0.3) is 11.1 Å². The molecule has 0 fully saturated rings. The number of aromatic amines is 1. The van der Waals surface area contributed by atoms with E-state index in [9.17, 15) is 14.0 Å². The number of nitrogens with one attached hydrogen (secondary N) is 1. The minimum absolute atomic E-state index is 0.210. The maximum Gasteiger partial charge on any atom is 0.279 e. The lowest BCUT2D eigenvalue weighted by Crippen LogP contribution is -2.23. The Labute approximate surface area is 163 Å². The first-order valence-electron chi connectivity index (χ1n) is 7.52. The quantitative estimate of drug-likeness (QED) is 0.402. The topological polar surface area (TPSA) is 93.5 Å². The molecule has 11 heteroatoms. The van der Waals surface area contributed by atoms with Crippen LogP contribution in [0.25, 0.3) is 16.2 Å². The van der Waals surface area contributed by atoms with E-state index in [1.54, 1.807) is 12.1 Å². The van der Waals surface area contributed by atoms with Crippen LogP contribution in [-0.2, 0) is 5.75 Å². The van der Waals surface area contributed by atoms with Gasteiger partial charge in [0, 0.05) is 16.8 Å². The summed E-state index contributed by atoms with van der Waals surface area (Å²) in [5.74, 6) is -0.0173. The molecule has 7 nitrogen and oxygen atoms in total. The number of thioether (sulfide) groups is 1. The first kappa shape index (κ1) is 17.8. The molecule has 0 amide bonds. The normalized spacial score (nSPS) is 11.2. The number of aromatic nitrogens is 5. The van der Waals surface area contributed by atoms with Crippen molar-refractivity contribution in [3.63, 3.8) is 0 Å². The predicted molar refractivity (Wildman–Crippen MR) is 102 cm³/mol. The Morgan fingerprint density at radius 3 is 2.85 bits per heavy atom. The Balaban J connectivity index is 1.81. The van der Waals surface area contributed by atoms with E-state index in [1.165, 1.54) is 28.3 Å². The zero-order chi connectivity index (χ0) is 19.0. The average molecular weight is 422 g/mol. The molecule has 0 unspecified atom stereocenters. The largest absolute Gasteiger partial charge is 0.279 e. The lowest BCUT2D eigenvalue weighted by atomic mass is 10.2. The highest BCUT2D eigenvalue weighted by atomic mass is 35.5. The molecule has 0 aliphatic carbocycles. The molecule has 1 aromatic carbocycles. The van der Waals surface area contributed by atoms with Crippen molar-refractivity contribution in [2.24, 2.45) is 0 Å². The summed E-state index contributed by atoms with van der Waals surface area (Å²) >= 11 is 8.09. The van der Waals surface area contributed by atoms with Crippen molar-refractivity contribution in [2.75, 3.05) is 0 Å². The number of halogens is 2. The van der Waals surface area contributed by atoms with Crippen LogP contribution in [0.1, 0.15) is 5.56 Å². The van der Waals surface area contributed by atoms with E-state index < -0.39 is 11.4 Å². The molecule has 0 atom stereocenters. The van der Waals surface area contributed by atoms with Gasteiger partial charge in [0.1, 0.15) is 10.5 Å². The molecule has 0 saturated carbocycles. The molecule has 0 radical (unpaired) electrons. The van der Waals surface area contributed by atoms with E-state index in [4.69, 9.17) is 11.6 Å². The average Bonchev–Trinajstić information content (AvgIpc) is 3.11. The van der Waals surface area contributed by atoms with Crippen LogP contribution in [0.15, 0.2) is 50.6 Å². The zero-order valence-corrected chi connectivity index (χ0v) is 15.7. The maximum absolute atomic E-state index is 14.1. The number of benzene rings is 1. The van der Waals surface area contributed by atoms with Crippen molar-refractivity contribution < 1.29 is 4.39 Å². The van der Waals surface area contributed by atoms with Crippen LogP contribution in [0.4, 0.5) is 4.39 Å². The van der Waals surface area contributed by atoms with Crippen LogP contribution in [0.5, 0.6) is 0 Å². The smallest absolute Gasteiger partial charge is 0.268 e. The standard InChI is InChI=1S/C16H9ClFN5O2S2/c17-9-2-1-8(10(18)5-9)6-26-16-20-14-13(27-7-19-14)15(25)23(16)11-3-4-12(24)22-21-11/h1-5,7H,6H2,(H,22,24). The molecule has 0 saturated heterocycles. The molecule has 0 bridgehead atoms. The highest BCUT2D eigenvalue weighted by Crippen LogP contribution is 2.26. The molecular weight excluding hydrogens is 413 g/mol. The third kappa shape index (κ3) is 3.51. The maximum atomic E-state index is 14.1. The molecule has 0 aliphatic heterocycles. The zero-order valence-electron chi connectivity index (χ0n) is 13.3. The second-order valence-corrected chi connectivity index (χ2v) is 7.58. The number of nitrogens with zero attached hydrogens (tertiary/aromatic N) is 4. The van der Waals surface area contributed by atoms with E-state index in [0.717, 1.165) is 23.1 Å². The van der Waals surface area contributed by atoms with Gasteiger partial charge in [0.05, 0.1) is 5.51 Å². The third-order valence-electron chi connectivity index (χ3n) is 3.60. The van der Waals surface area contributed by atoms with Gasteiger partial charge in [-0.05, 0) is 23.8 Å². The van der Waals surface area contributed by atoms with Crippen LogP contribution in [-0.4, -0.2) is 24.7 Å². The second-order valence-electron chi connectivity index (χ2n) is 5.34. The van der Waals surface area contributed by atoms with E-state index >= 15 is 0 Å². The van der Waals surface area contributed by atoms with E-state index in [2.05, 4.69) is 20.2 Å². The van der Waals surface area contributed by atoms with Gasteiger partial charge in [-0.1, -0.05) is 29.4 Å². The first-order chi connectivity index (χ1) is 13.0. The van der Waals surface area contributed by atoms with Crippen molar-refractivity contribution in [3.05, 3.63) is 73.0 Å². The summed E-state index contributed by atoms with van der Waals surface area (Å²) in [6.07, 6.45) is 0. The number of fused-ring (bicyclic) bond motifs is 1. The van der Waals surface area contributed by atoms with Gasteiger partial charge in [-0.3, -0.25) is 9.59 Å². The van der Waals surface area contributed by atoms with Gasteiger partial charge in [-0.2, -0.15) is 5.10 Å². The summed E-state index contributed by atoms with van der Waals surface area (Å²) < 4.78 is 15.7. The van der Waals surface area contributed by atoms with Crippen molar-refractivity contribution >= 4 is 45.0 Å². The summed E-state index contributed by atoms with van der Waals surface area (Å²) in [5.41, 5.74) is 1.50. The number of rotatable bonds is 4. The molecule has 0 spiro atoms. The number of hydrogen-bond donors (Lipinski definition) is 1. The lowest BCUT2D eigenvalue weighted by Gasteiger charge is -2.10. The Hall–Kier alpha value is -2.56. The molecule has 0 aliphatic rings. The van der Waals surface area contributed by atoms with Crippen molar-refractivity contribution in [3.8, 4) is 5.82 Å². The van der Waals surface area contributed by atoms with Gasteiger partial charge in [0.15, 0.2) is 16.6 Å². The van der Waals surface area contributed by atoms with Crippen molar-refractivity contribution in [1.29, 1.82) is 0 Å². The van der Waals surface area contributed by atoms with Crippen LogP contribution in [0, 0.1) is 5.82 Å². The summed E-state index contributed by atoms with van der Waals surface area (Å²) in [6.45, 7) is 0. The highest BCUT2D eigenvalue weighted by Gasteiger charge is 2.17. The fourth-order valence-electron chi connectivity index (χ4n) is 2.34. The number of H-pyrrole nitrogens is 1. The summed E-state index contributed by atoms with van der Waals surface area (Å²) in [4.78, 5) is 32.6. The van der Waals surface area contributed by atoms with Gasteiger partial charge < -0.3 is 0 Å². The summed E-state index contributed by atoms with van der Waals surface area (Å²) in [6, 6.07) is 7.08. The minimum atomic E-state index is -0.444. The molecular formula is C16H9ClFN5O2S2. The fraction of sp³-hybridized carbons (Fsp3) is 0.0625. The summed E-state index contributed by atoms with van der Waals surface area (Å²) in [5, 5.41) is 6.79. The second kappa shape index (κ2) is 7.22. The van der Waals surface area contributed by atoms with Gasteiger partial charge in [0.2, 0.25) is 0 Å². The lowest BCUT2D eigenvalue weighted by molar-refractivity contribution is 0.617. The van der Waals surface area contributed by atoms with Gasteiger partial charge in [-0.25, -0.2) is 24.0 Å². The molecule has 4 aromatic rings. The van der Waals surface area contributed by atoms with Gasteiger partial charge >= 0.3 is 0 Å². The van der Waals surface area contributed by atoms with Crippen LogP contribution >= 0.6 is 34.7 Å². The molecule has 4 rings (SSSR count). The van der Waals surface area contributed by atoms with Crippen molar-refractivity contribution in [1.82, 2.24) is 24.7 Å². The Kier molecular flexibility index (Phi) is 4.77. The minimum Gasteiger partial charge on any atom is -0.268 e. The number of thiazole rings is 1. The van der Waals surface area contributed by atoms with Crippen LogP contribution in [0.2, 0.25) is 5.02 Å². The number of hydrogen-bond acceptors (Lipinski definition) is 7. The molecule has 3 heterocycles. The van der Waals surface area contributed by atoms with E-state index in [0.29, 0.717) is 20.9 Å². The molecule has 3 aromatic heterocycles. The molecule has 27 heavy (non-hydrogen) atoms. The third-order valence-corrected chi connectivity index (χ3v) is 5.63. The Morgan fingerprint density at radius 1 is 1.26 bits per heavy atom. The SMILES string of the molecule is O=c1ccc(-n2c(SCc3ccc(Cl)cc3F)nc3ncsc3c2=O)n[nH]1. The van der Waals surface area contributed by atoms with E-state index in [-0.39, 0.29) is 22.3 Å². The van der Waals surface area contributed by atoms with Crippen LogP contribution < -0.4 is 11.1 Å². The van der Waals surface area contributed by atoms with Gasteiger partial charge in [-0.15, -0.1) is 11.3 Å². The molecule has 1 N–H and O–H groups in total. The predicted octanol–water partition coefficient (Wildman–Crippen LogP) is 3.01. The Morgan fingerprint density at radius 2 is 2.11 bits per heavy atom. The Bertz CT molecular complexity index is 1250. The van der Waals surface area contributed by atoms with Crippen LogP contribution in [0.3, 0.4) is 0 Å². The van der Waals surface area contributed by atoms with E-state index in [1.807, 2.05) is 0 Å². The molecule has 136 valence electrons. The fourth-order valence-corrected chi connectivity index (χ4v) is 4.12. The highest BCUT2D eigenvalue weighted by molar-refractivity contribution is 7.98. The monoisotopic (exact) mass is 421 g/mol. The van der Waals surface area contributed by atoms with Crippen molar-refractivity contribution in [2.45, 2.75) is 10.9 Å². The summed E-state index contributed by atoms with van der Waals surface area (Å²) in [7, 11) is 0. The first-order valence-corrected chi connectivity index (χ1v) is 9.76.